The Labute approximate surface area is 185 Å². The van der Waals surface area contributed by atoms with Crippen LogP contribution in [0.25, 0.3) is 6.08 Å². The molecule has 1 aromatic heterocycles. The lowest BCUT2D eigenvalue weighted by Crippen LogP contribution is -2.41. The first-order valence-electron chi connectivity index (χ1n) is 10.2. The van der Waals surface area contributed by atoms with Crippen molar-refractivity contribution in [1.82, 2.24) is 4.90 Å². The number of furan rings is 1. The van der Waals surface area contributed by atoms with Crippen molar-refractivity contribution in [2.45, 2.75) is 12.5 Å². The average Bonchev–Trinajstić information content (AvgIpc) is 3.34. The number of nitrogens with zero attached hydrogens (tertiary/aromatic N) is 1. The molecule has 0 saturated heterocycles. The summed E-state index contributed by atoms with van der Waals surface area (Å²) in [7, 11) is 3.17. The van der Waals surface area contributed by atoms with Gasteiger partial charge in [-0.25, -0.2) is 4.39 Å². The SMILES string of the molecule is COc1cc2c(cc1OC)C(COc1ccc(F)cc1)N(C(=O)/C=C/c1ccco1)CC2. The number of carbonyl (C=O) groups excluding carboxylic acids is 1. The summed E-state index contributed by atoms with van der Waals surface area (Å²) in [6.07, 6.45) is 5.36. The van der Waals surface area contributed by atoms with Crippen LogP contribution in [0.5, 0.6) is 17.2 Å². The molecule has 0 bridgehead atoms. The number of carbonyl (C=O) groups is 1. The lowest BCUT2D eigenvalue weighted by molar-refractivity contribution is -0.129. The zero-order valence-corrected chi connectivity index (χ0v) is 17.9. The van der Waals surface area contributed by atoms with Gasteiger partial charge in [0.15, 0.2) is 11.5 Å². The van der Waals surface area contributed by atoms with Gasteiger partial charge in [-0.1, -0.05) is 0 Å². The molecule has 0 aliphatic carbocycles. The van der Waals surface area contributed by atoms with Gasteiger partial charge in [-0.3, -0.25) is 4.79 Å². The molecule has 0 radical (unpaired) electrons. The monoisotopic (exact) mass is 437 g/mol. The van der Waals surface area contributed by atoms with E-state index in [1.807, 2.05) is 12.1 Å². The van der Waals surface area contributed by atoms with Crippen LogP contribution in [-0.2, 0) is 11.2 Å². The van der Waals surface area contributed by atoms with Crippen molar-refractivity contribution in [1.29, 1.82) is 0 Å². The molecule has 3 aromatic rings. The van der Waals surface area contributed by atoms with E-state index in [0.29, 0.717) is 36.0 Å². The maximum Gasteiger partial charge on any atom is 0.247 e. The first kappa shape index (κ1) is 21.5. The number of rotatable bonds is 7. The van der Waals surface area contributed by atoms with Crippen molar-refractivity contribution in [3.63, 3.8) is 0 Å². The highest BCUT2D eigenvalue weighted by molar-refractivity contribution is 5.92. The van der Waals surface area contributed by atoms with Crippen LogP contribution in [-0.4, -0.2) is 38.2 Å². The summed E-state index contributed by atoms with van der Waals surface area (Å²) in [5.74, 6) is 1.85. The van der Waals surface area contributed by atoms with E-state index in [-0.39, 0.29) is 24.4 Å². The molecule has 2 heterocycles. The Morgan fingerprint density at radius 1 is 1.16 bits per heavy atom. The fraction of sp³-hybridized carbons (Fsp3) is 0.240. The van der Waals surface area contributed by atoms with E-state index in [1.54, 1.807) is 55.7 Å². The lowest BCUT2D eigenvalue weighted by atomic mass is 9.92. The first-order chi connectivity index (χ1) is 15.6. The van der Waals surface area contributed by atoms with Gasteiger partial charge in [0.05, 0.1) is 26.5 Å². The summed E-state index contributed by atoms with van der Waals surface area (Å²) < 4.78 is 35.4. The van der Waals surface area contributed by atoms with Crippen LogP contribution >= 0.6 is 0 Å². The largest absolute Gasteiger partial charge is 0.493 e. The van der Waals surface area contributed by atoms with Gasteiger partial charge in [0.2, 0.25) is 5.91 Å². The van der Waals surface area contributed by atoms with Crippen molar-refractivity contribution in [2.24, 2.45) is 0 Å². The van der Waals surface area contributed by atoms with Crippen molar-refractivity contribution < 1.29 is 27.8 Å². The van der Waals surface area contributed by atoms with Crippen LogP contribution in [0.4, 0.5) is 4.39 Å². The Kier molecular flexibility index (Phi) is 6.44. The van der Waals surface area contributed by atoms with E-state index in [2.05, 4.69) is 0 Å². The minimum absolute atomic E-state index is 0.158. The molecule has 166 valence electrons. The highest BCUT2D eigenvalue weighted by Crippen LogP contribution is 2.38. The molecular formula is C25H24FNO5. The zero-order chi connectivity index (χ0) is 22.5. The van der Waals surface area contributed by atoms with Crippen LogP contribution in [0, 0.1) is 5.82 Å². The molecule has 4 rings (SSSR count). The number of benzene rings is 2. The van der Waals surface area contributed by atoms with Gasteiger partial charge in [0.25, 0.3) is 0 Å². The second-order valence-electron chi connectivity index (χ2n) is 7.32. The third-order valence-electron chi connectivity index (χ3n) is 5.44. The molecule has 1 amide bonds. The highest BCUT2D eigenvalue weighted by atomic mass is 19.1. The fourth-order valence-electron chi connectivity index (χ4n) is 3.81. The van der Waals surface area contributed by atoms with Crippen LogP contribution in [0.1, 0.15) is 22.9 Å². The van der Waals surface area contributed by atoms with Gasteiger partial charge in [0, 0.05) is 12.6 Å². The molecule has 0 spiro atoms. The molecule has 0 fully saturated rings. The van der Waals surface area contributed by atoms with Gasteiger partial charge in [-0.15, -0.1) is 0 Å². The molecule has 0 saturated carbocycles. The summed E-state index contributed by atoms with van der Waals surface area (Å²) in [4.78, 5) is 14.8. The number of methoxy groups -OCH3 is 2. The van der Waals surface area contributed by atoms with E-state index < -0.39 is 0 Å². The predicted octanol–water partition coefficient (Wildman–Crippen LogP) is 4.65. The Bertz CT molecular complexity index is 1090. The van der Waals surface area contributed by atoms with Gasteiger partial charge in [-0.2, -0.15) is 0 Å². The quantitative estimate of drug-likeness (QED) is 0.504. The molecule has 6 nitrogen and oxygen atoms in total. The molecule has 2 aromatic carbocycles. The number of hydrogen-bond donors (Lipinski definition) is 0. The van der Waals surface area contributed by atoms with E-state index >= 15 is 0 Å². The van der Waals surface area contributed by atoms with Gasteiger partial charge in [-0.05, 0) is 72.2 Å². The summed E-state index contributed by atoms with van der Waals surface area (Å²) in [5.41, 5.74) is 1.99. The Morgan fingerprint density at radius 3 is 2.59 bits per heavy atom. The minimum Gasteiger partial charge on any atom is -0.493 e. The number of amides is 1. The third kappa shape index (κ3) is 4.61. The Balaban J connectivity index is 1.64. The topological polar surface area (TPSA) is 61.1 Å². The van der Waals surface area contributed by atoms with Crippen molar-refractivity contribution in [2.75, 3.05) is 27.4 Å². The van der Waals surface area contributed by atoms with Crippen molar-refractivity contribution in [3.8, 4) is 17.2 Å². The van der Waals surface area contributed by atoms with Crippen molar-refractivity contribution in [3.05, 3.63) is 83.6 Å². The lowest BCUT2D eigenvalue weighted by Gasteiger charge is -2.37. The fourth-order valence-corrected chi connectivity index (χ4v) is 3.81. The molecular weight excluding hydrogens is 413 g/mol. The smallest absolute Gasteiger partial charge is 0.247 e. The molecule has 1 aliphatic rings. The van der Waals surface area contributed by atoms with E-state index in [1.165, 1.54) is 18.2 Å². The van der Waals surface area contributed by atoms with Gasteiger partial charge >= 0.3 is 0 Å². The van der Waals surface area contributed by atoms with E-state index in [0.717, 1.165) is 11.1 Å². The maximum atomic E-state index is 13.3. The molecule has 1 unspecified atom stereocenters. The summed E-state index contributed by atoms with van der Waals surface area (Å²) in [5, 5.41) is 0. The first-order valence-corrected chi connectivity index (χ1v) is 10.2. The van der Waals surface area contributed by atoms with Crippen LogP contribution in [0.3, 0.4) is 0 Å². The average molecular weight is 437 g/mol. The maximum absolute atomic E-state index is 13.3. The number of halogens is 1. The van der Waals surface area contributed by atoms with E-state index in [9.17, 15) is 9.18 Å². The molecule has 1 atom stereocenters. The van der Waals surface area contributed by atoms with Crippen LogP contribution in [0.15, 0.2) is 65.3 Å². The van der Waals surface area contributed by atoms with Crippen molar-refractivity contribution >= 4 is 12.0 Å². The zero-order valence-electron chi connectivity index (χ0n) is 17.9. The summed E-state index contributed by atoms with van der Waals surface area (Å²) >= 11 is 0. The molecule has 7 heteroatoms. The van der Waals surface area contributed by atoms with Gasteiger partial charge < -0.3 is 23.5 Å². The third-order valence-corrected chi connectivity index (χ3v) is 5.44. The number of hydrogen-bond acceptors (Lipinski definition) is 5. The standard InChI is InChI=1S/C25H24FNO5/c1-29-23-14-17-11-12-27(25(28)10-9-19-4-3-13-31-19)22(21(17)15-24(23)30-2)16-32-20-7-5-18(26)6-8-20/h3-10,13-15,22H,11-12,16H2,1-2H3/b10-9+. The minimum atomic E-state index is -0.364. The molecule has 0 N–H and O–H groups in total. The summed E-state index contributed by atoms with van der Waals surface area (Å²) in [6.45, 7) is 0.718. The predicted molar refractivity (Wildman–Crippen MR) is 117 cm³/mol. The van der Waals surface area contributed by atoms with Crippen LogP contribution < -0.4 is 14.2 Å². The number of ether oxygens (including phenoxy) is 3. The second-order valence-corrected chi connectivity index (χ2v) is 7.32. The molecule has 32 heavy (non-hydrogen) atoms. The van der Waals surface area contributed by atoms with E-state index in [4.69, 9.17) is 18.6 Å². The van der Waals surface area contributed by atoms with Gasteiger partial charge in [0.1, 0.15) is 23.9 Å². The highest BCUT2D eigenvalue weighted by Gasteiger charge is 2.32. The molecule has 1 aliphatic heterocycles. The Hall–Kier alpha value is -3.74. The summed E-state index contributed by atoms with van der Waals surface area (Å²) in [6, 6.07) is 12.8. The van der Waals surface area contributed by atoms with Crippen LogP contribution in [0.2, 0.25) is 0 Å². The number of fused-ring (bicyclic) bond motifs is 1. The second kappa shape index (κ2) is 9.60. The normalized spacial score (nSPS) is 15.5. The Morgan fingerprint density at radius 2 is 1.91 bits per heavy atom.